The van der Waals surface area contributed by atoms with E-state index in [-0.39, 0.29) is 17.6 Å². The van der Waals surface area contributed by atoms with Crippen molar-refractivity contribution in [3.8, 4) is 0 Å². The van der Waals surface area contributed by atoms with Crippen molar-refractivity contribution in [2.24, 2.45) is 0 Å². The zero-order chi connectivity index (χ0) is 15.4. The summed E-state index contributed by atoms with van der Waals surface area (Å²) in [6.07, 6.45) is 2.89. The van der Waals surface area contributed by atoms with E-state index in [1.807, 2.05) is 18.7 Å². The van der Waals surface area contributed by atoms with Gasteiger partial charge >= 0.3 is 0 Å². The largest absolute Gasteiger partial charge is 0.379 e. The Balaban J connectivity index is 2.27. The van der Waals surface area contributed by atoms with Gasteiger partial charge in [-0.3, -0.25) is 14.9 Å². The highest BCUT2D eigenvalue weighted by Crippen LogP contribution is 2.27. The van der Waals surface area contributed by atoms with Gasteiger partial charge in [-0.2, -0.15) is 0 Å². The minimum atomic E-state index is -0.426. The van der Waals surface area contributed by atoms with Gasteiger partial charge in [0.05, 0.1) is 4.92 Å². The van der Waals surface area contributed by atoms with Crippen LogP contribution in [-0.2, 0) is 0 Å². The molecule has 1 heterocycles. The van der Waals surface area contributed by atoms with Gasteiger partial charge in [0.1, 0.15) is 5.69 Å². The number of amides is 1. The van der Waals surface area contributed by atoms with E-state index in [4.69, 9.17) is 0 Å². The minimum Gasteiger partial charge on any atom is -0.379 e. The van der Waals surface area contributed by atoms with Crippen molar-refractivity contribution < 1.29 is 9.72 Å². The third-order valence-corrected chi connectivity index (χ3v) is 3.82. The lowest BCUT2D eigenvalue weighted by molar-refractivity contribution is -0.384. The topological polar surface area (TPSA) is 75.5 Å². The number of carbonyl (C=O) groups is 1. The fourth-order valence-electron chi connectivity index (χ4n) is 2.63. The van der Waals surface area contributed by atoms with Gasteiger partial charge in [0, 0.05) is 30.8 Å². The number of nitrogens with one attached hydrogen (secondary N) is 1. The fourth-order valence-corrected chi connectivity index (χ4v) is 2.63. The van der Waals surface area contributed by atoms with Crippen LogP contribution in [0.1, 0.15) is 43.5 Å². The van der Waals surface area contributed by atoms with E-state index in [1.165, 1.54) is 6.07 Å². The van der Waals surface area contributed by atoms with E-state index >= 15 is 0 Å². The zero-order valence-electron chi connectivity index (χ0n) is 12.5. The molecule has 0 spiro atoms. The standard InChI is InChI=1S/C15H21N3O3/c1-3-8-16-13-10-12(6-7-14(13)18(20)21)15(19)17-9-4-5-11(17)2/h6-7,10-11,16H,3-5,8-9H2,1-2H3. The molecule has 1 saturated heterocycles. The van der Waals surface area contributed by atoms with Crippen LogP contribution in [0.25, 0.3) is 0 Å². The lowest BCUT2D eigenvalue weighted by atomic mass is 10.1. The van der Waals surface area contributed by atoms with Crippen molar-refractivity contribution >= 4 is 17.3 Å². The number of likely N-dealkylation sites (tertiary alicyclic amines) is 1. The average molecular weight is 291 g/mol. The summed E-state index contributed by atoms with van der Waals surface area (Å²) in [6.45, 7) is 5.42. The van der Waals surface area contributed by atoms with Crippen LogP contribution in [0.5, 0.6) is 0 Å². The minimum absolute atomic E-state index is 0.00877. The predicted octanol–water partition coefficient (Wildman–Crippen LogP) is 3.04. The number of nitrogens with zero attached hydrogens (tertiary/aromatic N) is 2. The zero-order valence-corrected chi connectivity index (χ0v) is 12.5. The molecule has 1 atom stereocenters. The molecule has 0 bridgehead atoms. The molecule has 2 rings (SSSR count). The highest BCUT2D eigenvalue weighted by Gasteiger charge is 2.27. The van der Waals surface area contributed by atoms with Gasteiger partial charge in [0.25, 0.3) is 11.6 Å². The molecule has 1 N–H and O–H groups in total. The molecule has 0 aromatic heterocycles. The Kier molecular flexibility index (Phi) is 4.77. The van der Waals surface area contributed by atoms with Crippen LogP contribution in [0.2, 0.25) is 0 Å². The fraction of sp³-hybridized carbons (Fsp3) is 0.533. The van der Waals surface area contributed by atoms with Crippen LogP contribution in [0.15, 0.2) is 18.2 Å². The van der Waals surface area contributed by atoms with Gasteiger partial charge in [-0.15, -0.1) is 0 Å². The molecule has 0 radical (unpaired) electrons. The van der Waals surface area contributed by atoms with Crippen LogP contribution in [0, 0.1) is 10.1 Å². The van der Waals surface area contributed by atoms with E-state index in [1.54, 1.807) is 12.1 Å². The molecule has 1 aromatic carbocycles. The Labute approximate surface area is 124 Å². The van der Waals surface area contributed by atoms with Crippen molar-refractivity contribution in [3.05, 3.63) is 33.9 Å². The van der Waals surface area contributed by atoms with Crippen LogP contribution in [-0.4, -0.2) is 34.9 Å². The summed E-state index contributed by atoms with van der Waals surface area (Å²) in [5, 5.41) is 14.1. The molecule has 6 nitrogen and oxygen atoms in total. The van der Waals surface area contributed by atoms with E-state index in [2.05, 4.69) is 5.32 Å². The molecule has 0 saturated carbocycles. The molecule has 1 aliphatic heterocycles. The van der Waals surface area contributed by atoms with Crippen molar-refractivity contribution in [1.29, 1.82) is 0 Å². The first-order valence-electron chi connectivity index (χ1n) is 7.38. The second kappa shape index (κ2) is 6.56. The lowest BCUT2D eigenvalue weighted by Gasteiger charge is -2.21. The molecule has 1 aromatic rings. The highest BCUT2D eigenvalue weighted by molar-refractivity contribution is 5.96. The monoisotopic (exact) mass is 291 g/mol. The maximum atomic E-state index is 12.5. The summed E-state index contributed by atoms with van der Waals surface area (Å²) in [7, 11) is 0. The Morgan fingerprint density at radius 2 is 2.29 bits per heavy atom. The number of hydrogen-bond acceptors (Lipinski definition) is 4. The number of carbonyl (C=O) groups excluding carboxylic acids is 1. The van der Waals surface area contributed by atoms with Gasteiger partial charge in [-0.25, -0.2) is 0 Å². The highest BCUT2D eigenvalue weighted by atomic mass is 16.6. The first kappa shape index (κ1) is 15.3. The van der Waals surface area contributed by atoms with E-state index < -0.39 is 4.92 Å². The third-order valence-electron chi connectivity index (χ3n) is 3.82. The summed E-state index contributed by atoms with van der Waals surface area (Å²) < 4.78 is 0. The number of hydrogen-bond donors (Lipinski definition) is 1. The number of nitro benzene ring substituents is 1. The van der Waals surface area contributed by atoms with E-state index in [0.717, 1.165) is 25.8 Å². The first-order chi connectivity index (χ1) is 10.0. The molecule has 1 unspecified atom stereocenters. The summed E-state index contributed by atoms with van der Waals surface area (Å²) in [5.41, 5.74) is 0.932. The first-order valence-corrected chi connectivity index (χ1v) is 7.38. The second-order valence-corrected chi connectivity index (χ2v) is 5.41. The van der Waals surface area contributed by atoms with Crippen LogP contribution < -0.4 is 5.32 Å². The molecule has 114 valence electrons. The predicted molar refractivity (Wildman–Crippen MR) is 81.6 cm³/mol. The molecule has 1 amide bonds. The Morgan fingerprint density at radius 1 is 1.52 bits per heavy atom. The van der Waals surface area contributed by atoms with Gasteiger partial charge in [-0.1, -0.05) is 6.92 Å². The van der Waals surface area contributed by atoms with Crippen molar-refractivity contribution in [3.63, 3.8) is 0 Å². The average Bonchev–Trinajstić information content (AvgIpc) is 2.90. The Morgan fingerprint density at radius 3 is 2.86 bits per heavy atom. The summed E-state index contributed by atoms with van der Waals surface area (Å²) in [5.74, 6) is -0.0468. The molecular formula is C15H21N3O3. The van der Waals surface area contributed by atoms with E-state index in [9.17, 15) is 14.9 Å². The van der Waals surface area contributed by atoms with Crippen LogP contribution >= 0.6 is 0 Å². The molecule has 1 aliphatic rings. The number of anilines is 1. The van der Waals surface area contributed by atoms with Crippen molar-refractivity contribution in [1.82, 2.24) is 4.90 Å². The van der Waals surface area contributed by atoms with Crippen LogP contribution in [0.4, 0.5) is 11.4 Å². The maximum Gasteiger partial charge on any atom is 0.292 e. The number of nitro groups is 1. The van der Waals surface area contributed by atoms with Gasteiger partial charge in [0.15, 0.2) is 0 Å². The molecule has 1 fully saturated rings. The second-order valence-electron chi connectivity index (χ2n) is 5.41. The van der Waals surface area contributed by atoms with Gasteiger partial charge < -0.3 is 10.2 Å². The van der Waals surface area contributed by atoms with Crippen molar-refractivity contribution in [2.75, 3.05) is 18.4 Å². The van der Waals surface area contributed by atoms with Crippen molar-refractivity contribution in [2.45, 2.75) is 39.2 Å². The molecule has 21 heavy (non-hydrogen) atoms. The Hall–Kier alpha value is -2.11. The van der Waals surface area contributed by atoms with Gasteiger partial charge in [-0.05, 0) is 38.3 Å². The molecule has 0 aliphatic carbocycles. The molecular weight excluding hydrogens is 270 g/mol. The number of benzene rings is 1. The normalized spacial score (nSPS) is 17.8. The van der Waals surface area contributed by atoms with Gasteiger partial charge in [0.2, 0.25) is 0 Å². The quantitative estimate of drug-likeness (QED) is 0.668. The summed E-state index contributed by atoms with van der Waals surface area (Å²) in [4.78, 5) is 24.9. The van der Waals surface area contributed by atoms with Crippen LogP contribution in [0.3, 0.4) is 0 Å². The summed E-state index contributed by atoms with van der Waals surface area (Å²) in [6, 6.07) is 4.79. The lowest BCUT2D eigenvalue weighted by Crippen LogP contribution is -2.33. The number of rotatable bonds is 5. The SMILES string of the molecule is CCCNc1cc(C(=O)N2CCCC2C)ccc1[N+](=O)[O-]. The maximum absolute atomic E-state index is 12.5. The van der Waals surface area contributed by atoms with E-state index in [0.29, 0.717) is 17.8 Å². The summed E-state index contributed by atoms with van der Waals surface area (Å²) >= 11 is 0. The third kappa shape index (κ3) is 3.32. The molecule has 6 heteroatoms. The Bertz CT molecular complexity index is 545. The smallest absolute Gasteiger partial charge is 0.292 e.